The molecule has 166 valence electrons. The molecule has 8 nitrogen and oxygen atoms in total. The zero-order valence-corrected chi connectivity index (χ0v) is 18.1. The largest absolute Gasteiger partial charge is 0.494 e. The van der Waals surface area contributed by atoms with Crippen LogP contribution >= 0.6 is 0 Å². The first kappa shape index (κ1) is 22.4. The first-order valence-corrected chi connectivity index (χ1v) is 10.9. The number of carbonyl (C=O) groups is 2. The average molecular weight is 419 g/mol. The molecule has 0 unspecified atom stereocenters. The second kappa shape index (κ2) is 11.2. The summed E-state index contributed by atoms with van der Waals surface area (Å²) in [4.78, 5) is 31.0. The number of benzene rings is 1. The molecule has 1 aromatic carbocycles. The molecule has 0 saturated carbocycles. The van der Waals surface area contributed by atoms with Gasteiger partial charge in [-0.25, -0.2) is 4.79 Å². The van der Waals surface area contributed by atoms with Gasteiger partial charge in [-0.15, -0.1) is 0 Å². The zero-order chi connectivity index (χ0) is 21.3. The first-order valence-electron chi connectivity index (χ1n) is 10.9. The summed E-state index contributed by atoms with van der Waals surface area (Å²) < 4.78 is 10.9. The number of hydrogen-bond acceptors (Lipinski definition) is 5. The van der Waals surface area contributed by atoms with Crippen molar-refractivity contribution in [2.45, 2.75) is 32.7 Å². The molecule has 0 aliphatic carbocycles. The van der Waals surface area contributed by atoms with E-state index in [1.807, 2.05) is 41.0 Å². The lowest BCUT2D eigenvalue weighted by Gasteiger charge is -2.39. The Morgan fingerprint density at radius 1 is 1.13 bits per heavy atom. The van der Waals surface area contributed by atoms with E-state index in [1.54, 1.807) is 6.92 Å². The Kier molecular flexibility index (Phi) is 8.33. The summed E-state index contributed by atoms with van der Waals surface area (Å²) >= 11 is 0. The maximum atomic E-state index is 13.2. The lowest BCUT2D eigenvalue weighted by molar-refractivity contribution is -0.130. The van der Waals surface area contributed by atoms with Gasteiger partial charge in [-0.05, 0) is 44.0 Å². The Hall–Kier alpha value is -2.32. The van der Waals surface area contributed by atoms with Crippen LogP contribution in [0.2, 0.25) is 0 Å². The van der Waals surface area contributed by atoms with Gasteiger partial charge >= 0.3 is 6.03 Å². The minimum absolute atomic E-state index is 0.0892. The molecular weight excluding hydrogens is 384 g/mol. The average Bonchev–Trinajstić information content (AvgIpc) is 2.76. The van der Waals surface area contributed by atoms with Crippen molar-refractivity contribution < 1.29 is 19.1 Å². The highest BCUT2D eigenvalue weighted by molar-refractivity contribution is 5.89. The number of carbonyl (C=O) groups excluding carboxylic acids is 2. The third-order valence-corrected chi connectivity index (χ3v) is 5.79. The van der Waals surface area contributed by atoms with E-state index in [9.17, 15) is 9.59 Å². The molecule has 30 heavy (non-hydrogen) atoms. The van der Waals surface area contributed by atoms with E-state index in [0.717, 1.165) is 57.1 Å². The molecule has 2 aliphatic rings. The Balaban J connectivity index is 1.62. The second-order valence-electron chi connectivity index (χ2n) is 7.77. The predicted molar refractivity (Wildman–Crippen MR) is 116 cm³/mol. The summed E-state index contributed by atoms with van der Waals surface area (Å²) in [6.45, 7) is 10.3. The predicted octanol–water partition coefficient (Wildman–Crippen LogP) is 2.26. The molecule has 0 atom stereocenters. The van der Waals surface area contributed by atoms with Crippen LogP contribution in [0.1, 0.15) is 26.7 Å². The molecule has 2 heterocycles. The maximum absolute atomic E-state index is 13.2. The molecule has 2 aliphatic heterocycles. The third-order valence-electron chi connectivity index (χ3n) is 5.79. The second-order valence-corrected chi connectivity index (χ2v) is 7.77. The van der Waals surface area contributed by atoms with Crippen molar-refractivity contribution in [1.29, 1.82) is 0 Å². The number of rotatable bonds is 7. The molecule has 3 rings (SSSR count). The van der Waals surface area contributed by atoms with Crippen molar-refractivity contribution >= 4 is 17.6 Å². The standard InChI is InChI=1S/C22H34N4O4/c1-3-30-21-6-4-19(5-7-21)23-22(28)26(13-12-24-14-16-29-17-15-24)20-8-10-25(11-9-20)18(2)27/h4-7,20H,3,8-17H2,1-2H3,(H,23,28). The summed E-state index contributed by atoms with van der Waals surface area (Å²) in [6.07, 6.45) is 1.61. The van der Waals surface area contributed by atoms with E-state index in [1.165, 1.54) is 0 Å². The van der Waals surface area contributed by atoms with Gasteiger partial charge in [0, 0.05) is 57.9 Å². The fourth-order valence-electron chi connectivity index (χ4n) is 4.01. The van der Waals surface area contributed by atoms with Gasteiger partial charge in [-0.2, -0.15) is 0 Å². The molecule has 1 N–H and O–H groups in total. The van der Waals surface area contributed by atoms with E-state index < -0.39 is 0 Å². The number of nitrogens with one attached hydrogen (secondary N) is 1. The minimum Gasteiger partial charge on any atom is -0.494 e. The SMILES string of the molecule is CCOc1ccc(NC(=O)N(CCN2CCOCC2)C2CCN(C(C)=O)CC2)cc1. The van der Waals surface area contributed by atoms with Crippen LogP contribution in [0.3, 0.4) is 0 Å². The van der Waals surface area contributed by atoms with Crippen LogP contribution in [-0.2, 0) is 9.53 Å². The van der Waals surface area contributed by atoms with E-state index in [0.29, 0.717) is 26.2 Å². The Labute approximate surface area is 179 Å². The number of amides is 3. The van der Waals surface area contributed by atoms with E-state index in [2.05, 4.69) is 10.2 Å². The first-order chi connectivity index (χ1) is 14.6. The third kappa shape index (κ3) is 6.34. The zero-order valence-electron chi connectivity index (χ0n) is 18.1. The number of anilines is 1. The molecule has 2 saturated heterocycles. The molecule has 0 bridgehead atoms. The van der Waals surface area contributed by atoms with Crippen LogP contribution in [0, 0.1) is 0 Å². The lowest BCUT2D eigenvalue weighted by atomic mass is 10.0. The number of ether oxygens (including phenoxy) is 2. The van der Waals surface area contributed by atoms with Crippen LogP contribution in [0.15, 0.2) is 24.3 Å². The summed E-state index contributed by atoms with van der Waals surface area (Å²) in [7, 11) is 0. The van der Waals surface area contributed by atoms with Gasteiger partial charge in [0.1, 0.15) is 5.75 Å². The Bertz CT molecular complexity index is 683. The van der Waals surface area contributed by atoms with Crippen molar-refractivity contribution in [3.05, 3.63) is 24.3 Å². The van der Waals surface area contributed by atoms with Crippen molar-refractivity contribution in [2.75, 3.05) is 64.4 Å². The minimum atomic E-state index is -0.0892. The van der Waals surface area contributed by atoms with E-state index in [-0.39, 0.29) is 18.0 Å². The van der Waals surface area contributed by atoms with Crippen molar-refractivity contribution in [3.8, 4) is 5.75 Å². The summed E-state index contributed by atoms with van der Waals surface area (Å²) in [6, 6.07) is 7.49. The molecule has 3 amide bonds. The van der Waals surface area contributed by atoms with E-state index in [4.69, 9.17) is 9.47 Å². The fourth-order valence-corrected chi connectivity index (χ4v) is 4.01. The van der Waals surface area contributed by atoms with Crippen LogP contribution in [0.4, 0.5) is 10.5 Å². The van der Waals surface area contributed by atoms with Gasteiger partial charge < -0.3 is 24.6 Å². The van der Waals surface area contributed by atoms with Crippen molar-refractivity contribution in [2.24, 2.45) is 0 Å². The molecule has 0 spiro atoms. The van der Waals surface area contributed by atoms with Crippen LogP contribution in [0.25, 0.3) is 0 Å². The Morgan fingerprint density at radius 2 is 1.80 bits per heavy atom. The molecular formula is C22H34N4O4. The summed E-state index contributed by atoms with van der Waals surface area (Å²) in [5, 5.41) is 3.04. The van der Waals surface area contributed by atoms with Gasteiger partial charge in [-0.3, -0.25) is 9.69 Å². The Morgan fingerprint density at radius 3 is 2.40 bits per heavy atom. The van der Waals surface area contributed by atoms with Crippen molar-refractivity contribution in [3.63, 3.8) is 0 Å². The maximum Gasteiger partial charge on any atom is 0.322 e. The quantitative estimate of drug-likeness (QED) is 0.735. The van der Waals surface area contributed by atoms with Crippen molar-refractivity contribution in [1.82, 2.24) is 14.7 Å². The highest BCUT2D eigenvalue weighted by atomic mass is 16.5. The fraction of sp³-hybridized carbons (Fsp3) is 0.636. The van der Waals surface area contributed by atoms with Gasteiger partial charge in [0.15, 0.2) is 0 Å². The number of hydrogen-bond donors (Lipinski definition) is 1. The van der Waals surface area contributed by atoms with Crippen LogP contribution in [0.5, 0.6) is 5.75 Å². The molecule has 1 aromatic rings. The van der Waals surface area contributed by atoms with E-state index >= 15 is 0 Å². The number of piperidine rings is 1. The van der Waals surface area contributed by atoms with Gasteiger partial charge in [-0.1, -0.05) is 0 Å². The molecule has 2 fully saturated rings. The normalized spacial score (nSPS) is 18.1. The summed E-state index contributed by atoms with van der Waals surface area (Å²) in [5.74, 6) is 0.892. The lowest BCUT2D eigenvalue weighted by Crippen LogP contribution is -2.52. The topological polar surface area (TPSA) is 74.4 Å². The highest BCUT2D eigenvalue weighted by Crippen LogP contribution is 2.20. The highest BCUT2D eigenvalue weighted by Gasteiger charge is 2.29. The monoisotopic (exact) mass is 418 g/mol. The van der Waals surface area contributed by atoms with Crippen LogP contribution < -0.4 is 10.1 Å². The van der Waals surface area contributed by atoms with Crippen LogP contribution in [-0.4, -0.2) is 91.8 Å². The van der Waals surface area contributed by atoms with Gasteiger partial charge in [0.25, 0.3) is 0 Å². The molecule has 0 radical (unpaired) electrons. The number of urea groups is 1. The molecule has 0 aromatic heterocycles. The van der Waals surface area contributed by atoms with Gasteiger partial charge in [0.2, 0.25) is 5.91 Å². The number of likely N-dealkylation sites (tertiary alicyclic amines) is 1. The number of morpholine rings is 1. The number of nitrogens with zero attached hydrogens (tertiary/aromatic N) is 3. The smallest absolute Gasteiger partial charge is 0.322 e. The molecule has 8 heteroatoms. The summed E-state index contributed by atoms with van der Waals surface area (Å²) in [5.41, 5.74) is 0.751. The van der Waals surface area contributed by atoms with Gasteiger partial charge in [0.05, 0.1) is 19.8 Å².